The number of nitrogens with zero attached hydrogens (tertiary/aromatic N) is 1. The fraction of sp³-hybridized carbons (Fsp3) is 0.103. The molecule has 4 aromatic rings. The first kappa shape index (κ1) is 28.7. The van der Waals surface area contributed by atoms with E-state index >= 15 is 0 Å². The lowest BCUT2D eigenvalue weighted by atomic mass is 10.0. The maximum Gasteiger partial charge on any atom is 0.336 e. The van der Waals surface area contributed by atoms with Gasteiger partial charge in [-0.2, -0.15) is 0 Å². The van der Waals surface area contributed by atoms with Gasteiger partial charge in [0.05, 0.1) is 21.7 Å². The predicted molar refractivity (Wildman–Crippen MR) is 148 cm³/mol. The van der Waals surface area contributed by atoms with Crippen molar-refractivity contribution in [1.29, 1.82) is 0 Å². The molecule has 12 heteroatoms. The molecule has 4 aromatic carbocycles. The zero-order valence-corrected chi connectivity index (χ0v) is 21.7. The number of hydrogen-bond donors (Lipinski definition) is 4. The van der Waals surface area contributed by atoms with E-state index in [2.05, 4.69) is 15.7 Å². The number of amides is 1. The number of benzene rings is 4. The van der Waals surface area contributed by atoms with Crippen molar-refractivity contribution in [3.05, 3.63) is 123 Å². The Morgan fingerprint density at radius 3 is 2.10 bits per heavy atom. The van der Waals surface area contributed by atoms with Crippen molar-refractivity contribution in [2.75, 3.05) is 10.8 Å². The summed E-state index contributed by atoms with van der Waals surface area (Å²) in [5, 5.41) is 31.9. The molecule has 0 saturated carbocycles. The predicted octanol–water partition coefficient (Wildman–Crippen LogP) is 6.18. The Morgan fingerprint density at radius 1 is 0.829 bits per heavy atom. The third kappa shape index (κ3) is 7.64. The number of nitro groups is 1. The number of carbonyl (C=O) groups is 2. The van der Waals surface area contributed by atoms with Gasteiger partial charge in [0.25, 0.3) is 11.6 Å². The molecule has 210 valence electrons. The van der Waals surface area contributed by atoms with Crippen LogP contribution in [0, 0.1) is 17.0 Å². The number of nitro benzene ring substituents is 1. The number of carbonyl (C=O) groups excluding carboxylic acids is 1. The van der Waals surface area contributed by atoms with Gasteiger partial charge in [0.15, 0.2) is 0 Å². The van der Waals surface area contributed by atoms with E-state index in [1.165, 1.54) is 30.3 Å². The Balaban J connectivity index is 1.32. The maximum absolute atomic E-state index is 12.7. The Hall–Kier alpha value is -5.30. The summed E-state index contributed by atoms with van der Waals surface area (Å²) in [6.07, 6.45) is 0. The van der Waals surface area contributed by atoms with Crippen molar-refractivity contribution < 1.29 is 39.3 Å². The summed E-state index contributed by atoms with van der Waals surface area (Å²) in [6.45, 7) is 1.60. The molecule has 1 amide bonds. The number of carboxylic acids is 1. The second kappa shape index (κ2) is 13.2. The number of aryl methyl sites for hydroxylation is 1. The van der Waals surface area contributed by atoms with Crippen LogP contribution in [0.1, 0.15) is 37.4 Å². The van der Waals surface area contributed by atoms with Gasteiger partial charge in [0.2, 0.25) is 0 Å². The molecule has 0 heterocycles. The van der Waals surface area contributed by atoms with Gasteiger partial charge in [0, 0.05) is 17.8 Å². The normalized spacial score (nSPS) is 10.6. The van der Waals surface area contributed by atoms with Crippen molar-refractivity contribution in [2.24, 2.45) is 0 Å². The van der Waals surface area contributed by atoms with E-state index in [0.29, 0.717) is 34.0 Å². The van der Waals surface area contributed by atoms with Crippen LogP contribution in [-0.4, -0.2) is 27.2 Å². The van der Waals surface area contributed by atoms with Gasteiger partial charge >= 0.3 is 5.97 Å². The third-order valence-corrected chi connectivity index (χ3v) is 5.89. The molecule has 0 aliphatic carbocycles. The van der Waals surface area contributed by atoms with E-state index in [0.717, 1.165) is 5.56 Å². The number of non-ortho nitro benzene ring substituents is 1. The summed E-state index contributed by atoms with van der Waals surface area (Å²) in [6, 6.07) is 22.1. The van der Waals surface area contributed by atoms with Crippen LogP contribution >= 0.6 is 0 Å². The highest BCUT2D eigenvalue weighted by atomic mass is 17.1. The topological polar surface area (TPSA) is 169 Å². The van der Waals surface area contributed by atoms with E-state index in [1.54, 1.807) is 61.5 Å². The van der Waals surface area contributed by atoms with Crippen LogP contribution in [0.4, 0.5) is 17.1 Å². The molecular weight excluding hydrogens is 534 g/mol. The number of aromatic carboxylic acids is 1. The summed E-state index contributed by atoms with van der Waals surface area (Å²) in [5.74, 6) is -0.685. The lowest BCUT2D eigenvalue weighted by Crippen LogP contribution is -2.16. The van der Waals surface area contributed by atoms with Crippen LogP contribution in [0.3, 0.4) is 0 Å². The lowest BCUT2D eigenvalue weighted by Gasteiger charge is -2.12. The highest BCUT2D eigenvalue weighted by Crippen LogP contribution is 2.26. The Bertz CT molecular complexity index is 1560. The van der Waals surface area contributed by atoms with Gasteiger partial charge < -0.3 is 15.2 Å². The largest absolute Gasteiger partial charge is 0.478 e. The number of ether oxygens (including phenoxy) is 1. The number of nitrogens with one attached hydrogen (secondary N) is 2. The SMILES string of the molecule is Cc1ccc(C(=O)O)c(C(=O)Nc2ccc(Oc3ccc(NOCc4cc([N+](=O)[O-])ccc4COO)cc3)cc2)c1. The number of rotatable bonds is 12. The van der Waals surface area contributed by atoms with Crippen LogP contribution in [0.5, 0.6) is 11.5 Å². The number of carboxylic acid groups (broad SMARTS) is 1. The fourth-order valence-corrected chi connectivity index (χ4v) is 3.83. The van der Waals surface area contributed by atoms with Crippen molar-refractivity contribution >= 4 is 28.9 Å². The smallest absolute Gasteiger partial charge is 0.336 e. The maximum atomic E-state index is 12.7. The van der Waals surface area contributed by atoms with Crippen molar-refractivity contribution in [3.8, 4) is 11.5 Å². The van der Waals surface area contributed by atoms with Gasteiger partial charge in [-0.05, 0) is 84.8 Å². The van der Waals surface area contributed by atoms with Crippen molar-refractivity contribution in [1.82, 2.24) is 0 Å². The van der Waals surface area contributed by atoms with Gasteiger partial charge in [-0.1, -0.05) is 11.6 Å². The van der Waals surface area contributed by atoms with Crippen molar-refractivity contribution in [2.45, 2.75) is 20.1 Å². The summed E-state index contributed by atoms with van der Waals surface area (Å²) in [7, 11) is 0. The second-order valence-electron chi connectivity index (χ2n) is 8.83. The van der Waals surface area contributed by atoms with Crippen LogP contribution in [-0.2, 0) is 22.9 Å². The van der Waals surface area contributed by atoms with E-state index in [4.69, 9.17) is 14.8 Å². The summed E-state index contributed by atoms with van der Waals surface area (Å²) >= 11 is 0. The highest BCUT2D eigenvalue weighted by molar-refractivity contribution is 6.10. The first-order valence-corrected chi connectivity index (χ1v) is 12.2. The molecule has 0 aromatic heterocycles. The zero-order chi connectivity index (χ0) is 29.4. The molecule has 0 radical (unpaired) electrons. The van der Waals surface area contributed by atoms with E-state index in [-0.39, 0.29) is 30.0 Å². The van der Waals surface area contributed by atoms with Gasteiger partial charge in [0.1, 0.15) is 24.7 Å². The Morgan fingerprint density at radius 2 is 1.49 bits per heavy atom. The van der Waals surface area contributed by atoms with Crippen molar-refractivity contribution in [3.63, 3.8) is 0 Å². The molecule has 0 saturated heterocycles. The average Bonchev–Trinajstić information content (AvgIpc) is 2.95. The van der Waals surface area contributed by atoms with Gasteiger partial charge in [-0.3, -0.25) is 30.5 Å². The first-order valence-electron chi connectivity index (χ1n) is 12.2. The minimum absolute atomic E-state index is 0.0248. The first-order chi connectivity index (χ1) is 19.7. The van der Waals surface area contributed by atoms with Crippen LogP contribution < -0.4 is 15.5 Å². The standard InChI is InChI=1S/C29H25N3O9/c1-18-2-13-26(29(34)35)27(14-18)28(33)30-21-4-9-24(10-5-21)41-25-11-6-22(7-12-25)31-39-16-20-15-23(32(36)37)8-3-19(20)17-40-38/h2-15,31,38H,16-17H2,1H3,(H,30,33)(H,34,35). The molecule has 12 nitrogen and oxygen atoms in total. The molecule has 41 heavy (non-hydrogen) atoms. The lowest BCUT2D eigenvalue weighted by molar-refractivity contribution is -0.385. The zero-order valence-electron chi connectivity index (χ0n) is 21.7. The number of hydrogen-bond acceptors (Lipinski definition) is 9. The molecule has 0 spiro atoms. The summed E-state index contributed by atoms with van der Waals surface area (Å²) < 4.78 is 5.84. The van der Waals surface area contributed by atoms with E-state index < -0.39 is 16.8 Å². The Labute approximate surface area is 233 Å². The molecule has 0 unspecified atom stereocenters. The average molecular weight is 560 g/mol. The highest BCUT2D eigenvalue weighted by Gasteiger charge is 2.17. The van der Waals surface area contributed by atoms with Crippen LogP contribution in [0.2, 0.25) is 0 Å². The summed E-state index contributed by atoms with van der Waals surface area (Å²) in [4.78, 5) is 44.3. The minimum atomic E-state index is -1.18. The van der Waals surface area contributed by atoms with Gasteiger partial charge in [-0.25, -0.2) is 9.68 Å². The molecule has 0 bridgehead atoms. The van der Waals surface area contributed by atoms with Gasteiger partial charge in [-0.15, -0.1) is 0 Å². The monoisotopic (exact) mass is 559 g/mol. The molecule has 0 atom stereocenters. The number of anilines is 2. The van der Waals surface area contributed by atoms with Crippen LogP contribution in [0.25, 0.3) is 0 Å². The van der Waals surface area contributed by atoms with E-state index in [9.17, 15) is 24.8 Å². The molecule has 0 aliphatic rings. The molecule has 4 rings (SSSR count). The molecule has 0 aliphatic heterocycles. The van der Waals surface area contributed by atoms with Crippen LogP contribution in [0.15, 0.2) is 84.9 Å². The van der Waals surface area contributed by atoms with E-state index in [1.807, 2.05) is 0 Å². The fourth-order valence-electron chi connectivity index (χ4n) is 3.83. The molecule has 4 N–H and O–H groups in total. The quantitative estimate of drug-likeness (QED) is 0.0893. The molecule has 0 fully saturated rings. The Kier molecular flexibility index (Phi) is 9.22. The third-order valence-electron chi connectivity index (χ3n) is 5.89. The second-order valence-corrected chi connectivity index (χ2v) is 8.83. The minimum Gasteiger partial charge on any atom is -0.478 e. The summed E-state index contributed by atoms with van der Waals surface area (Å²) in [5.41, 5.74) is 5.46. The molecular formula is C29H25N3O9.